The molecule has 0 bridgehead atoms. The van der Waals surface area contributed by atoms with E-state index in [0.717, 1.165) is 67.7 Å². The Hall–Kier alpha value is -5.10. The van der Waals surface area contributed by atoms with Crippen LogP contribution in [0.4, 0.5) is 0 Å². The fraction of sp³-hybridized carbons (Fsp3) is 0.118. The predicted octanol–water partition coefficient (Wildman–Crippen LogP) is 7.67. The highest BCUT2D eigenvalue weighted by Crippen LogP contribution is 2.34. The Morgan fingerprint density at radius 1 is 0.500 bits per heavy atom. The maximum absolute atomic E-state index is 5.15. The molecule has 0 fully saturated rings. The molecule has 6 heteroatoms. The van der Waals surface area contributed by atoms with Crippen molar-refractivity contribution >= 4 is 11.0 Å². The van der Waals surface area contributed by atoms with Crippen LogP contribution in [0.25, 0.3) is 56.6 Å². The molecule has 194 valence electrons. The first-order valence-corrected chi connectivity index (χ1v) is 13.4. The highest BCUT2D eigenvalue weighted by molar-refractivity contribution is 5.83. The second kappa shape index (κ2) is 9.27. The summed E-state index contributed by atoms with van der Waals surface area (Å²) in [6, 6.07) is 25.2. The van der Waals surface area contributed by atoms with Crippen LogP contribution in [0.3, 0.4) is 0 Å². The van der Waals surface area contributed by atoms with Crippen molar-refractivity contribution in [1.29, 1.82) is 0 Å². The van der Waals surface area contributed by atoms with E-state index in [0.29, 0.717) is 0 Å². The minimum Gasteiger partial charge on any atom is -0.299 e. The van der Waals surface area contributed by atoms with Crippen LogP contribution in [0.15, 0.2) is 97.6 Å². The SMILES string of the molecule is Cc1ccnc(-c2nc(-c3cccc(-c4nc(-c5cc(C)ccn5)c5cc(C)ccn45)c3)n3ccc(C)cc23)c1. The van der Waals surface area contributed by atoms with E-state index in [2.05, 4.69) is 120 Å². The van der Waals surface area contributed by atoms with Crippen molar-refractivity contribution in [2.24, 2.45) is 0 Å². The number of aryl methyl sites for hydroxylation is 4. The first-order valence-electron chi connectivity index (χ1n) is 13.4. The number of aromatic nitrogens is 6. The summed E-state index contributed by atoms with van der Waals surface area (Å²) in [5, 5.41) is 0. The second-order valence-corrected chi connectivity index (χ2v) is 10.5. The number of hydrogen-bond acceptors (Lipinski definition) is 4. The topological polar surface area (TPSA) is 60.4 Å². The number of imidazole rings is 2. The lowest BCUT2D eigenvalue weighted by molar-refractivity contribution is 1.14. The fourth-order valence-corrected chi connectivity index (χ4v) is 5.29. The van der Waals surface area contributed by atoms with Crippen LogP contribution in [0.2, 0.25) is 0 Å². The van der Waals surface area contributed by atoms with Crippen LogP contribution in [-0.4, -0.2) is 28.7 Å². The standard InChI is InChI=1S/C34H28N6/c1-21-8-12-35-27(16-21)31-29-18-23(3)10-14-39(29)33(37-31)25-6-5-7-26(20-25)34-38-32(28-17-22(2)9-13-36-28)30-19-24(4)11-15-40(30)34/h5-20H,1-4H3. The average Bonchev–Trinajstić information content (AvgIpc) is 3.51. The summed E-state index contributed by atoms with van der Waals surface area (Å²) in [6.45, 7) is 8.37. The first kappa shape index (κ1) is 24.0. The molecule has 6 nitrogen and oxygen atoms in total. The van der Waals surface area contributed by atoms with Crippen LogP contribution in [0, 0.1) is 27.7 Å². The Kier molecular flexibility index (Phi) is 5.56. The lowest BCUT2D eigenvalue weighted by Gasteiger charge is -2.06. The van der Waals surface area contributed by atoms with Crippen LogP contribution >= 0.6 is 0 Å². The Morgan fingerprint density at radius 2 is 0.950 bits per heavy atom. The molecule has 6 heterocycles. The zero-order chi connectivity index (χ0) is 27.4. The Bertz CT molecular complexity index is 1920. The van der Waals surface area contributed by atoms with Crippen molar-refractivity contribution in [2.75, 3.05) is 0 Å². The van der Waals surface area contributed by atoms with Gasteiger partial charge in [0, 0.05) is 35.9 Å². The monoisotopic (exact) mass is 520 g/mol. The molecule has 7 rings (SSSR count). The molecule has 6 aromatic heterocycles. The zero-order valence-corrected chi connectivity index (χ0v) is 22.9. The maximum atomic E-state index is 5.15. The summed E-state index contributed by atoms with van der Waals surface area (Å²) in [5.41, 5.74) is 12.3. The summed E-state index contributed by atoms with van der Waals surface area (Å²) in [4.78, 5) is 19.6. The van der Waals surface area contributed by atoms with Gasteiger partial charge in [-0.05, 0) is 105 Å². The molecule has 0 radical (unpaired) electrons. The zero-order valence-electron chi connectivity index (χ0n) is 22.9. The number of hydrogen-bond donors (Lipinski definition) is 0. The molecule has 0 aliphatic rings. The van der Waals surface area contributed by atoms with Crippen LogP contribution in [-0.2, 0) is 0 Å². The molecule has 40 heavy (non-hydrogen) atoms. The van der Waals surface area contributed by atoms with Gasteiger partial charge in [-0.2, -0.15) is 0 Å². The molecule has 0 N–H and O–H groups in total. The molecule has 0 saturated heterocycles. The number of fused-ring (bicyclic) bond motifs is 2. The molecule has 0 spiro atoms. The summed E-state index contributed by atoms with van der Waals surface area (Å²) in [5.74, 6) is 1.74. The van der Waals surface area contributed by atoms with Gasteiger partial charge >= 0.3 is 0 Å². The Labute approximate surface area is 232 Å². The van der Waals surface area contributed by atoms with Gasteiger partial charge in [-0.15, -0.1) is 0 Å². The van der Waals surface area contributed by atoms with Gasteiger partial charge in [0.2, 0.25) is 0 Å². The normalized spacial score (nSPS) is 11.5. The highest BCUT2D eigenvalue weighted by atomic mass is 15.0. The molecular weight excluding hydrogens is 492 g/mol. The minimum atomic E-state index is 0.868. The highest BCUT2D eigenvalue weighted by Gasteiger charge is 2.19. The van der Waals surface area contributed by atoms with E-state index in [4.69, 9.17) is 9.97 Å². The fourth-order valence-electron chi connectivity index (χ4n) is 5.29. The van der Waals surface area contributed by atoms with Crippen molar-refractivity contribution in [1.82, 2.24) is 28.7 Å². The van der Waals surface area contributed by atoms with E-state index in [9.17, 15) is 0 Å². The quantitative estimate of drug-likeness (QED) is 0.239. The van der Waals surface area contributed by atoms with Gasteiger partial charge in [-0.25, -0.2) is 9.97 Å². The number of nitrogens with zero attached hydrogens (tertiary/aromatic N) is 6. The molecule has 1 aromatic carbocycles. The van der Waals surface area contributed by atoms with Gasteiger partial charge in [-0.1, -0.05) is 18.2 Å². The molecule has 0 amide bonds. The minimum absolute atomic E-state index is 0.868. The molecule has 0 unspecified atom stereocenters. The summed E-state index contributed by atoms with van der Waals surface area (Å²) in [6.07, 6.45) is 7.87. The van der Waals surface area contributed by atoms with E-state index in [1.165, 1.54) is 11.1 Å². The van der Waals surface area contributed by atoms with E-state index in [1.54, 1.807) is 0 Å². The third kappa shape index (κ3) is 4.05. The average molecular weight is 521 g/mol. The largest absolute Gasteiger partial charge is 0.299 e. The smallest absolute Gasteiger partial charge is 0.145 e. The molecule has 0 aliphatic carbocycles. The summed E-state index contributed by atoms with van der Waals surface area (Å²) >= 11 is 0. The predicted molar refractivity (Wildman–Crippen MR) is 160 cm³/mol. The Balaban J connectivity index is 1.42. The van der Waals surface area contributed by atoms with Crippen LogP contribution < -0.4 is 0 Å². The summed E-state index contributed by atoms with van der Waals surface area (Å²) < 4.78 is 4.31. The second-order valence-electron chi connectivity index (χ2n) is 10.5. The third-order valence-corrected chi connectivity index (χ3v) is 7.29. The maximum Gasteiger partial charge on any atom is 0.145 e. The van der Waals surface area contributed by atoms with Gasteiger partial charge in [0.25, 0.3) is 0 Å². The lowest BCUT2D eigenvalue weighted by atomic mass is 10.1. The molecule has 0 aliphatic heterocycles. The van der Waals surface area contributed by atoms with Gasteiger partial charge in [-0.3, -0.25) is 18.8 Å². The molecular formula is C34H28N6. The van der Waals surface area contributed by atoms with Crippen molar-refractivity contribution < 1.29 is 0 Å². The van der Waals surface area contributed by atoms with E-state index in [1.807, 2.05) is 24.5 Å². The summed E-state index contributed by atoms with van der Waals surface area (Å²) in [7, 11) is 0. The van der Waals surface area contributed by atoms with E-state index < -0.39 is 0 Å². The van der Waals surface area contributed by atoms with Gasteiger partial charge in [0.05, 0.1) is 22.4 Å². The Morgan fingerprint density at radius 3 is 1.40 bits per heavy atom. The molecule has 0 atom stereocenters. The van der Waals surface area contributed by atoms with E-state index >= 15 is 0 Å². The van der Waals surface area contributed by atoms with Gasteiger partial charge < -0.3 is 0 Å². The number of benzene rings is 1. The van der Waals surface area contributed by atoms with Crippen LogP contribution in [0.5, 0.6) is 0 Å². The third-order valence-electron chi connectivity index (χ3n) is 7.29. The lowest BCUT2D eigenvalue weighted by Crippen LogP contribution is -1.92. The van der Waals surface area contributed by atoms with Crippen LogP contribution in [0.1, 0.15) is 22.3 Å². The van der Waals surface area contributed by atoms with Crippen molar-refractivity contribution in [3.63, 3.8) is 0 Å². The van der Waals surface area contributed by atoms with Crippen molar-refractivity contribution in [3.8, 4) is 45.6 Å². The number of pyridine rings is 4. The van der Waals surface area contributed by atoms with Crippen molar-refractivity contribution in [2.45, 2.75) is 27.7 Å². The molecule has 7 aromatic rings. The van der Waals surface area contributed by atoms with E-state index in [-0.39, 0.29) is 0 Å². The van der Waals surface area contributed by atoms with Gasteiger partial charge in [0.15, 0.2) is 0 Å². The van der Waals surface area contributed by atoms with Gasteiger partial charge in [0.1, 0.15) is 23.0 Å². The van der Waals surface area contributed by atoms with Crippen molar-refractivity contribution in [3.05, 3.63) is 120 Å². The number of rotatable bonds is 4. The first-order chi connectivity index (χ1) is 19.4. The molecule has 0 saturated carbocycles.